The fourth-order valence-electron chi connectivity index (χ4n) is 1.38. The topological polar surface area (TPSA) is 80.7 Å². The van der Waals surface area contributed by atoms with Crippen LogP contribution < -0.4 is 0 Å². The zero-order valence-corrected chi connectivity index (χ0v) is 12.9. The molecular formula is C12H24NO5S+. The zero-order valence-electron chi connectivity index (χ0n) is 12.0. The maximum Gasteiger partial charge on any atom is 0.337 e. The minimum absolute atomic E-state index is 0.243. The Morgan fingerprint density at radius 3 is 2.32 bits per heavy atom. The van der Waals surface area contributed by atoms with Gasteiger partial charge in [-0.3, -0.25) is 9.04 Å². The van der Waals surface area contributed by atoms with Crippen LogP contribution in [-0.2, 0) is 19.6 Å². The highest BCUT2D eigenvalue weighted by atomic mass is 32.2. The van der Waals surface area contributed by atoms with Gasteiger partial charge in [-0.1, -0.05) is 6.58 Å². The minimum Gasteiger partial charge on any atom is -0.409 e. The van der Waals surface area contributed by atoms with E-state index < -0.39 is 16.1 Å². The molecule has 1 unspecified atom stereocenters. The van der Waals surface area contributed by atoms with Crippen molar-refractivity contribution in [1.82, 2.24) is 0 Å². The number of carbonyl (C=O) groups excluding carboxylic acids is 1. The lowest BCUT2D eigenvalue weighted by Gasteiger charge is -2.35. The van der Waals surface area contributed by atoms with Crippen molar-refractivity contribution in [2.24, 2.45) is 0 Å². The lowest BCUT2D eigenvalue weighted by atomic mass is 10.3. The van der Waals surface area contributed by atoms with Crippen LogP contribution in [0.3, 0.4) is 0 Å². The molecule has 0 amide bonds. The standard InChI is InChI=1S/C12H23NO5S/c1-10(2)12(14)18-11(3)13(4,5)8-6-7-9-19(15,16)17/h11H,1,6-9H2,2-5H3/p+1. The lowest BCUT2D eigenvalue weighted by molar-refractivity contribution is -0.932. The van der Waals surface area contributed by atoms with Crippen molar-refractivity contribution in [1.29, 1.82) is 0 Å². The summed E-state index contributed by atoms with van der Waals surface area (Å²) in [4.78, 5) is 11.4. The Kier molecular flexibility index (Phi) is 6.68. The van der Waals surface area contributed by atoms with E-state index in [1.165, 1.54) is 0 Å². The third-order valence-corrected chi connectivity index (χ3v) is 3.80. The van der Waals surface area contributed by atoms with Gasteiger partial charge in [0.25, 0.3) is 10.1 Å². The van der Waals surface area contributed by atoms with Gasteiger partial charge in [0, 0.05) is 12.5 Å². The van der Waals surface area contributed by atoms with E-state index in [1.54, 1.807) is 13.8 Å². The van der Waals surface area contributed by atoms with Crippen LogP contribution in [0.4, 0.5) is 0 Å². The summed E-state index contributed by atoms with van der Waals surface area (Å²) in [5.41, 5.74) is 0.346. The van der Waals surface area contributed by atoms with Gasteiger partial charge in [0.15, 0.2) is 0 Å². The fourth-order valence-corrected chi connectivity index (χ4v) is 1.95. The van der Waals surface area contributed by atoms with Crippen LogP contribution in [0.15, 0.2) is 12.2 Å². The second-order valence-corrected chi connectivity index (χ2v) is 6.85. The normalized spacial score (nSPS) is 13.9. The maximum atomic E-state index is 11.4. The molecule has 0 fully saturated rings. The zero-order chi connectivity index (χ0) is 15.3. The molecule has 0 aliphatic heterocycles. The maximum absolute atomic E-state index is 11.4. The van der Waals surface area contributed by atoms with E-state index in [0.717, 1.165) is 0 Å². The molecule has 0 spiro atoms. The molecule has 19 heavy (non-hydrogen) atoms. The highest BCUT2D eigenvalue weighted by molar-refractivity contribution is 7.85. The van der Waals surface area contributed by atoms with Crippen LogP contribution in [0.25, 0.3) is 0 Å². The third-order valence-electron chi connectivity index (χ3n) is 3.00. The van der Waals surface area contributed by atoms with E-state index in [4.69, 9.17) is 9.29 Å². The first kappa shape index (κ1) is 18.1. The van der Waals surface area contributed by atoms with Gasteiger partial charge in [-0.25, -0.2) is 4.79 Å². The molecule has 0 aliphatic rings. The van der Waals surface area contributed by atoms with Gasteiger partial charge in [-0.05, 0) is 19.8 Å². The molecule has 0 aromatic rings. The number of unbranched alkanes of at least 4 members (excludes halogenated alkanes) is 1. The molecule has 0 heterocycles. The minimum atomic E-state index is -3.90. The Morgan fingerprint density at radius 1 is 1.37 bits per heavy atom. The summed E-state index contributed by atoms with van der Waals surface area (Å²) in [5.74, 6) is -0.677. The average molecular weight is 294 g/mol. The van der Waals surface area contributed by atoms with Crippen LogP contribution >= 0.6 is 0 Å². The Morgan fingerprint density at radius 2 is 1.89 bits per heavy atom. The molecule has 0 radical (unpaired) electrons. The van der Waals surface area contributed by atoms with Crippen LogP contribution in [0.2, 0.25) is 0 Å². The molecule has 7 heteroatoms. The van der Waals surface area contributed by atoms with Gasteiger partial charge < -0.3 is 4.74 Å². The van der Waals surface area contributed by atoms with Gasteiger partial charge in [0.1, 0.15) is 0 Å². The molecule has 1 atom stereocenters. The predicted octanol–water partition coefficient (Wildman–Crippen LogP) is 1.20. The van der Waals surface area contributed by atoms with E-state index in [9.17, 15) is 13.2 Å². The van der Waals surface area contributed by atoms with Crippen molar-refractivity contribution in [3.05, 3.63) is 12.2 Å². The predicted molar refractivity (Wildman–Crippen MR) is 73.0 cm³/mol. The van der Waals surface area contributed by atoms with Crippen LogP contribution in [0, 0.1) is 0 Å². The second-order valence-electron chi connectivity index (χ2n) is 5.28. The second kappa shape index (κ2) is 7.02. The molecule has 0 aromatic heterocycles. The summed E-state index contributed by atoms with van der Waals surface area (Å²) < 4.78 is 35.4. The molecule has 112 valence electrons. The molecule has 0 aliphatic carbocycles. The fraction of sp³-hybridized carbons (Fsp3) is 0.750. The summed E-state index contributed by atoms with van der Waals surface area (Å²) in [7, 11) is -0.111. The van der Waals surface area contributed by atoms with Crippen molar-refractivity contribution in [3.8, 4) is 0 Å². The summed E-state index contributed by atoms with van der Waals surface area (Å²) in [6.45, 7) is 7.52. The van der Waals surface area contributed by atoms with Gasteiger partial charge in [-0.15, -0.1) is 0 Å². The summed E-state index contributed by atoms with van der Waals surface area (Å²) in [6.07, 6.45) is 0.638. The van der Waals surface area contributed by atoms with Crippen LogP contribution in [0.1, 0.15) is 26.7 Å². The average Bonchev–Trinajstić information content (AvgIpc) is 2.22. The quantitative estimate of drug-likeness (QED) is 0.182. The van der Waals surface area contributed by atoms with Crippen LogP contribution in [0.5, 0.6) is 0 Å². The molecular weight excluding hydrogens is 270 g/mol. The van der Waals surface area contributed by atoms with Crippen molar-refractivity contribution in [2.45, 2.75) is 32.9 Å². The number of nitrogens with zero attached hydrogens (tertiary/aromatic N) is 1. The van der Waals surface area contributed by atoms with Gasteiger partial charge in [0.2, 0.25) is 6.23 Å². The lowest BCUT2D eigenvalue weighted by Crippen LogP contribution is -2.50. The highest BCUT2D eigenvalue weighted by Gasteiger charge is 2.27. The molecule has 0 saturated carbocycles. The van der Waals surface area contributed by atoms with Gasteiger partial charge >= 0.3 is 5.97 Å². The first-order valence-electron chi connectivity index (χ1n) is 6.10. The number of hydrogen-bond acceptors (Lipinski definition) is 4. The summed E-state index contributed by atoms with van der Waals surface area (Å²) in [5, 5.41) is 0. The van der Waals surface area contributed by atoms with E-state index in [0.29, 0.717) is 29.4 Å². The Hall–Kier alpha value is -0.920. The van der Waals surface area contributed by atoms with Crippen molar-refractivity contribution in [2.75, 3.05) is 26.4 Å². The first-order valence-corrected chi connectivity index (χ1v) is 7.71. The highest BCUT2D eigenvalue weighted by Crippen LogP contribution is 2.12. The number of rotatable bonds is 8. The molecule has 0 saturated heterocycles. The number of quaternary nitrogens is 1. The molecule has 0 bridgehead atoms. The first-order chi connectivity index (χ1) is 8.46. The van der Waals surface area contributed by atoms with Crippen molar-refractivity contribution >= 4 is 16.1 Å². The smallest absolute Gasteiger partial charge is 0.337 e. The summed E-state index contributed by atoms with van der Waals surface area (Å²) >= 11 is 0. The Labute approximate surface area is 115 Å². The number of hydrogen-bond donors (Lipinski definition) is 1. The third kappa shape index (κ3) is 7.97. The van der Waals surface area contributed by atoms with Gasteiger partial charge in [-0.2, -0.15) is 8.42 Å². The number of ether oxygens (including phenoxy) is 1. The monoisotopic (exact) mass is 294 g/mol. The molecule has 1 N–H and O–H groups in total. The Balaban J connectivity index is 4.23. The Bertz CT molecular complexity index is 427. The number of carbonyl (C=O) groups is 1. The molecule has 0 rings (SSSR count). The van der Waals surface area contributed by atoms with Crippen molar-refractivity contribution < 1.29 is 27.0 Å². The molecule has 6 nitrogen and oxygen atoms in total. The van der Waals surface area contributed by atoms with Crippen LogP contribution in [-0.4, -0.2) is 56.0 Å². The summed E-state index contributed by atoms with van der Waals surface area (Å²) in [6, 6.07) is 0. The van der Waals surface area contributed by atoms with E-state index in [2.05, 4.69) is 6.58 Å². The van der Waals surface area contributed by atoms with E-state index in [-0.39, 0.29) is 12.0 Å². The van der Waals surface area contributed by atoms with E-state index >= 15 is 0 Å². The molecule has 0 aromatic carbocycles. The van der Waals surface area contributed by atoms with Crippen molar-refractivity contribution in [3.63, 3.8) is 0 Å². The largest absolute Gasteiger partial charge is 0.409 e. The van der Waals surface area contributed by atoms with E-state index in [1.807, 2.05) is 14.1 Å². The SMILES string of the molecule is C=C(C)C(=O)OC(C)[N+](C)(C)CCCCS(=O)(=O)O. The van der Waals surface area contributed by atoms with Gasteiger partial charge in [0.05, 0.1) is 26.4 Å². The number of esters is 1.